The molecule has 0 radical (unpaired) electrons. The highest BCUT2D eigenvalue weighted by atomic mass is 15.4. The Morgan fingerprint density at radius 1 is 0.913 bits per heavy atom. The highest BCUT2D eigenvalue weighted by molar-refractivity contribution is 5.00. The van der Waals surface area contributed by atoms with Crippen molar-refractivity contribution in [3.8, 4) is 0 Å². The molecule has 0 aromatic heterocycles. The summed E-state index contributed by atoms with van der Waals surface area (Å²) >= 11 is 0. The largest absolute Gasteiger partial charge is 0.298 e. The lowest BCUT2D eigenvalue weighted by atomic mass is 10.1. The SMILES string of the molecule is CC(CCN1CC2CC1CN2C(C)C)N1CC(C)N(C)C(C)C1. The van der Waals surface area contributed by atoms with E-state index in [9.17, 15) is 0 Å². The van der Waals surface area contributed by atoms with E-state index in [1.165, 1.54) is 45.6 Å². The van der Waals surface area contributed by atoms with Crippen molar-refractivity contribution >= 4 is 0 Å². The number of rotatable bonds is 5. The molecule has 3 aliphatic rings. The molecule has 3 rings (SSSR count). The van der Waals surface area contributed by atoms with Crippen molar-refractivity contribution in [2.45, 2.75) is 83.7 Å². The Morgan fingerprint density at radius 2 is 1.57 bits per heavy atom. The fourth-order valence-corrected chi connectivity index (χ4v) is 5.03. The molecule has 0 aromatic carbocycles. The second-order valence-corrected chi connectivity index (χ2v) is 8.78. The molecule has 5 unspecified atom stereocenters. The summed E-state index contributed by atoms with van der Waals surface area (Å²) in [6, 6.07) is 4.47. The van der Waals surface area contributed by atoms with Gasteiger partial charge in [0.1, 0.15) is 0 Å². The van der Waals surface area contributed by atoms with E-state index in [1.807, 2.05) is 0 Å². The minimum absolute atomic E-state index is 0.684. The van der Waals surface area contributed by atoms with Gasteiger partial charge in [0.15, 0.2) is 0 Å². The van der Waals surface area contributed by atoms with Gasteiger partial charge in [0, 0.05) is 69.0 Å². The lowest BCUT2D eigenvalue weighted by Gasteiger charge is -2.45. The molecular formula is C19H38N4. The molecule has 0 aromatic rings. The monoisotopic (exact) mass is 322 g/mol. The minimum Gasteiger partial charge on any atom is -0.298 e. The average molecular weight is 323 g/mol. The summed E-state index contributed by atoms with van der Waals surface area (Å²) in [6.45, 7) is 18.3. The van der Waals surface area contributed by atoms with Crippen LogP contribution in [0.3, 0.4) is 0 Å². The molecule has 134 valence electrons. The van der Waals surface area contributed by atoms with Gasteiger partial charge in [-0.2, -0.15) is 0 Å². The molecule has 4 nitrogen and oxygen atoms in total. The van der Waals surface area contributed by atoms with Crippen LogP contribution in [0.1, 0.15) is 47.5 Å². The van der Waals surface area contributed by atoms with E-state index in [2.05, 4.69) is 61.3 Å². The Bertz CT molecular complexity index is 387. The Kier molecular flexibility index (Phi) is 5.37. The molecule has 0 spiro atoms. The maximum absolute atomic E-state index is 2.78. The van der Waals surface area contributed by atoms with Gasteiger partial charge in [0.05, 0.1) is 0 Å². The molecule has 0 aliphatic carbocycles. The van der Waals surface area contributed by atoms with Crippen LogP contribution in [-0.2, 0) is 0 Å². The quantitative estimate of drug-likeness (QED) is 0.767. The number of hydrogen-bond acceptors (Lipinski definition) is 4. The lowest BCUT2D eigenvalue weighted by Crippen LogP contribution is -2.57. The van der Waals surface area contributed by atoms with Gasteiger partial charge >= 0.3 is 0 Å². The fraction of sp³-hybridized carbons (Fsp3) is 1.00. The van der Waals surface area contributed by atoms with Crippen LogP contribution < -0.4 is 0 Å². The molecular weight excluding hydrogens is 284 g/mol. The Hall–Kier alpha value is -0.160. The molecule has 3 fully saturated rings. The Balaban J connectivity index is 1.45. The van der Waals surface area contributed by atoms with Gasteiger partial charge in [-0.1, -0.05) is 0 Å². The van der Waals surface area contributed by atoms with Crippen molar-refractivity contribution in [3.63, 3.8) is 0 Å². The standard InChI is InChI=1S/C19H38N4/c1-14(2)23-13-18-9-19(23)12-21(18)8-7-15(3)22-10-16(4)20(6)17(5)11-22/h14-19H,7-13H2,1-6H3. The number of likely N-dealkylation sites (N-methyl/N-ethyl adjacent to an activating group) is 1. The van der Waals surface area contributed by atoms with E-state index in [0.29, 0.717) is 18.1 Å². The smallest absolute Gasteiger partial charge is 0.0242 e. The third kappa shape index (κ3) is 3.60. The van der Waals surface area contributed by atoms with Gasteiger partial charge in [-0.05, 0) is 54.5 Å². The predicted octanol–water partition coefficient (Wildman–Crippen LogP) is 1.96. The summed E-state index contributed by atoms with van der Waals surface area (Å²) in [7, 11) is 2.28. The zero-order chi connectivity index (χ0) is 16.7. The predicted molar refractivity (Wildman–Crippen MR) is 97.9 cm³/mol. The van der Waals surface area contributed by atoms with Gasteiger partial charge in [-0.25, -0.2) is 0 Å². The third-order valence-electron chi connectivity index (χ3n) is 6.91. The van der Waals surface area contributed by atoms with Gasteiger partial charge in [-0.15, -0.1) is 0 Å². The first-order chi connectivity index (χ1) is 10.9. The van der Waals surface area contributed by atoms with E-state index >= 15 is 0 Å². The molecule has 2 bridgehead atoms. The minimum atomic E-state index is 0.684. The van der Waals surface area contributed by atoms with Gasteiger partial charge in [0.2, 0.25) is 0 Å². The number of likely N-dealkylation sites (tertiary alicyclic amines) is 2. The lowest BCUT2D eigenvalue weighted by molar-refractivity contribution is 0.0301. The van der Waals surface area contributed by atoms with E-state index in [-0.39, 0.29) is 0 Å². The van der Waals surface area contributed by atoms with Crippen molar-refractivity contribution in [1.29, 1.82) is 0 Å². The van der Waals surface area contributed by atoms with Crippen LogP contribution >= 0.6 is 0 Å². The average Bonchev–Trinajstić information content (AvgIpc) is 3.09. The first-order valence-corrected chi connectivity index (χ1v) is 9.82. The van der Waals surface area contributed by atoms with Crippen LogP contribution in [0.25, 0.3) is 0 Å². The maximum Gasteiger partial charge on any atom is 0.0242 e. The summed E-state index contributed by atoms with van der Waals surface area (Å²) < 4.78 is 0. The summed E-state index contributed by atoms with van der Waals surface area (Å²) in [6.07, 6.45) is 2.74. The van der Waals surface area contributed by atoms with Crippen LogP contribution in [0.2, 0.25) is 0 Å². The van der Waals surface area contributed by atoms with Crippen molar-refractivity contribution in [2.75, 3.05) is 39.8 Å². The molecule has 0 N–H and O–H groups in total. The Morgan fingerprint density at radius 3 is 2.09 bits per heavy atom. The van der Waals surface area contributed by atoms with E-state index in [1.54, 1.807) is 0 Å². The van der Waals surface area contributed by atoms with Crippen LogP contribution in [0.15, 0.2) is 0 Å². The van der Waals surface area contributed by atoms with E-state index in [4.69, 9.17) is 0 Å². The molecule has 0 amide bonds. The maximum atomic E-state index is 2.78. The number of piperazine rings is 2. The molecule has 5 atom stereocenters. The van der Waals surface area contributed by atoms with Gasteiger partial charge < -0.3 is 0 Å². The van der Waals surface area contributed by atoms with Crippen LogP contribution in [0.4, 0.5) is 0 Å². The highest BCUT2D eigenvalue weighted by Crippen LogP contribution is 2.32. The van der Waals surface area contributed by atoms with Crippen molar-refractivity contribution in [1.82, 2.24) is 19.6 Å². The van der Waals surface area contributed by atoms with Gasteiger partial charge in [-0.3, -0.25) is 19.6 Å². The first-order valence-electron chi connectivity index (χ1n) is 9.82. The summed E-state index contributed by atoms with van der Waals surface area (Å²) in [4.78, 5) is 10.8. The molecule has 3 saturated heterocycles. The molecule has 3 aliphatic heterocycles. The number of fused-ring (bicyclic) bond motifs is 2. The normalized spacial score (nSPS) is 38.7. The fourth-order valence-electron chi connectivity index (χ4n) is 5.03. The van der Waals surface area contributed by atoms with E-state index < -0.39 is 0 Å². The summed E-state index contributed by atoms with van der Waals surface area (Å²) in [5.74, 6) is 0. The van der Waals surface area contributed by atoms with E-state index in [0.717, 1.165) is 18.1 Å². The topological polar surface area (TPSA) is 13.0 Å². The zero-order valence-electron chi connectivity index (χ0n) is 16.2. The second-order valence-electron chi connectivity index (χ2n) is 8.78. The molecule has 0 saturated carbocycles. The number of hydrogen-bond donors (Lipinski definition) is 0. The van der Waals surface area contributed by atoms with Crippen LogP contribution in [0, 0.1) is 0 Å². The zero-order valence-corrected chi connectivity index (χ0v) is 16.2. The Labute approximate surface area is 143 Å². The second kappa shape index (κ2) is 6.99. The van der Waals surface area contributed by atoms with Crippen LogP contribution in [-0.4, -0.2) is 95.6 Å². The van der Waals surface area contributed by atoms with Crippen molar-refractivity contribution < 1.29 is 0 Å². The van der Waals surface area contributed by atoms with Crippen molar-refractivity contribution in [2.24, 2.45) is 0 Å². The highest BCUT2D eigenvalue weighted by Gasteiger charge is 2.43. The summed E-state index contributed by atoms with van der Waals surface area (Å²) in [5.41, 5.74) is 0. The van der Waals surface area contributed by atoms with Crippen LogP contribution in [0.5, 0.6) is 0 Å². The first kappa shape index (κ1) is 17.7. The molecule has 4 heteroatoms. The van der Waals surface area contributed by atoms with Gasteiger partial charge in [0.25, 0.3) is 0 Å². The molecule has 3 heterocycles. The molecule has 23 heavy (non-hydrogen) atoms. The van der Waals surface area contributed by atoms with Crippen molar-refractivity contribution in [3.05, 3.63) is 0 Å². The number of nitrogens with zero attached hydrogens (tertiary/aromatic N) is 4. The summed E-state index contributed by atoms with van der Waals surface area (Å²) in [5, 5.41) is 0. The third-order valence-corrected chi connectivity index (χ3v) is 6.91.